The second kappa shape index (κ2) is 8.11. The summed E-state index contributed by atoms with van der Waals surface area (Å²) >= 11 is 0. The molecular formula is C15H24N4O3. The minimum absolute atomic E-state index is 0.0264. The first kappa shape index (κ1) is 16.7. The number of hydrogen-bond donors (Lipinski definition) is 3. The molecule has 0 spiro atoms. The molecule has 2 rings (SSSR count). The molecule has 3 N–H and O–H groups in total. The summed E-state index contributed by atoms with van der Waals surface area (Å²) in [5.41, 5.74) is 0. The molecule has 2 fully saturated rings. The molecule has 7 nitrogen and oxygen atoms in total. The van der Waals surface area contributed by atoms with Gasteiger partial charge in [-0.15, -0.1) is 0 Å². The summed E-state index contributed by atoms with van der Waals surface area (Å²) in [6.45, 7) is 4.04. The number of hydrogen-bond acceptors (Lipinski definition) is 5. The first-order chi connectivity index (χ1) is 10.6. The lowest BCUT2D eigenvalue weighted by atomic mass is 9.99. The third kappa shape index (κ3) is 4.42. The lowest BCUT2D eigenvalue weighted by Gasteiger charge is -2.17. The van der Waals surface area contributed by atoms with Gasteiger partial charge in [0, 0.05) is 25.6 Å². The van der Waals surface area contributed by atoms with Crippen LogP contribution in [0.4, 0.5) is 0 Å². The Balaban J connectivity index is 1.77. The van der Waals surface area contributed by atoms with Gasteiger partial charge in [-0.2, -0.15) is 5.26 Å². The maximum Gasteiger partial charge on any atom is 0.238 e. The van der Waals surface area contributed by atoms with Crippen molar-refractivity contribution in [3.63, 3.8) is 0 Å². The number of nitrogens with zero attached hydrogens (tertiary/aromatic N) is 1. The summed E-state index contributed by atoms with van der Waals surface area (Å²) in [6, 6.07) is 1.13. The van der Waals surface area contributed by atoms with Gasteiger partial charge in [-0.25, -0.2) is 0 Å². The number of carbonyl (C=O) groups excluding carboxylic acids is 2. The maximum absolute atomic E-state index is 12.2. The normalized spacial score (nSPS) is 28.9. The monoisotopic (exact) mass is 308 g/mol. The quantitative estimate of drug-likeness (QED) is 0.598. The van der Waals surface area contributed by atoms with Crippen LogP contribution in [0.2, 0.25) is 0 Å². The van der Waals surface area contributed by atoms with Gasteiger partial charge in [-0.05, 0) is 25.7 Å². The fraction of sp³-hybridized carbons (Fsp3) is 0.800. The van der Waals surface area contributed by atoms with E-state index in [9.17, 15) is 14.9 Å². The van der Waals surface area contributed by atoms with Gasteiger partial charge in [-0.3, -0.25) is 9.59 Å². The number of ether oxygens (including phenoxy) is 1. The van der Waals surface area contributed by atoms with E-state index in [4.69, 9.17) is 4.74 Å². The van der Waals surface area contributed by atoms with Gasteiger partial charge in [-0.1, -0.05) is 6.92 Å². The topological polar surface area (TPSA) is 103 Å². The van der Waals surface area contributed by atoms with Crippen molar-refractivity contribution in [2.24, 2.45) is 5.92 Å². The van der Waals surface area contributed by atoms with Crippen LogP contribution in [0.25, 0.3) is 0 Å². The average molecular weight is 308 g/mol. The first-order valence-electron chi connectivity index (χ1n) is 7.96. The predicted molar refractivity (Wildman–Crippen MR) is 79.7 cm³/mol. The van der Waals surface area contributed by atoms with E-state index in [2.05, 4.69) is 22.0 Å². The van der Waals surface area contributed by atoms with Crippen LogP contribution in [0.3, 0.4) is 0 Å². The smallest absolute Gasteiger partial charge is 0.238 e. The molecular weight excluding hydrogens is 284 g/mol. The predicted octanol–water partition coefficient (Wildman–Crippen LogP) is -0.322. The highest BCUT2D eigenvalue weighted by Crippen LogP contribution is 2.17. The van der Waals surface area contributed by atoms with Gasteiger partial charge in [0.15, 0.2) is 0 Å². The zero-order valence-electron chi connectivity index (χ0n) is 12.9. The minimum atomic E-state index is -0.626. The molecule has 122 valence electrons. The molecule has 0 aromatic carbocycles. The fourth-order valence-corrected chi connectivity index (χ4v) is 2.89. The van der Waals surface area contributed by atoms with Crippen molar-refractivity contribution in [1.82, 2.24) is 16.0 Å². The number of nitriles is 1. The van der Waals surface area contributed by atoms with Crippen molar-refractivity contribution in [1.29, 1.82) is 5.26 Å². The number of nitrogens with one attached hydrogen (secondary N) is 3. The molecule has 0 radical (unpaired) electrons. The lowest BCUT2D eigenvalue weighted by molar-refractivity contribution is -0.125. The number of amides is 2. The molecule has 2 saturated heterocycles. The zero-order valence-corrected chi connectivity index (χ0v) is 12.9. The van der Waals surface area contributed by atoms with Gasteiger partial charge in [0.1, 0.15) is 6.04 Å². The zero-order chi connectivity index (χ0) is 15.9. The average Bonchev–Trinajstić information content (AvgIpc) is 3.14. The van der Waals surface area contributed by atoms with E-state index in [0.29, 0.717) is 32.5 Å². The van der Waals surface area contributed by atoms with Crippen molar-refractivity contribution >= 4 is 11.8 Å². The molecule has 0 aromatic heterocycles. The molecule has 2 heterocycles. The van der Waals surface area contributed by atoms with Crippen molar-refractivity contribution in [3.05, 3.63) is 0 Å². The standard InChI is InChI=1S/C15H24N4O3/c1-2-5-22-12-7-13(18-9-12)15(21)19-11(8-16)6-10-3-4-17-14(10)20/h10-13,18H,2-7,9H2,1H3,(H,17,20)(H,19,21)/t10-,11?,12-,13+/m1/s1. The Bertz CT molecular complexity index is 449. The summed E-state index contributed by atoms with van der Waals surface area (Å²) in [5, 5.41) is 17.8. The van der Waals surface area contributed by atoms with E-state index in [1.54, 1.807) is 0 Å². The van der Waals surface area contributed by atoms with Crippen molar-refractivity contribution in [2.75, 3.05) is 19.7 Å². The van der Waals surface area contributed by atoms with E-state index in [1.165, 1.54) is 0 Å². The molecule has 2 aliphatic heterocycles. The van der Waals surface area contributed by atoms with Crippen LogP contribution in [-0.2, 0) is 14.3 Å². The van der Waals surface area contributed by atoms with Gasteiger partial charge in [0.05, 0.1) is 18.2 Å². The SMILES string of the molecule is CCCO[C@H]1CN[C@H](C(=O)NC(C#N)C[C@H]2CCNC2=O)C1. The van der Waals surface area contributed by atoms with Crippen LogP contribution in [-0.4, -0.2) is 49.7 Å². The van der Waals surface area contributed by atoms with E-state index >= 15 is 0 Å². The van der Waals surface area contributed by atoms with Crippen LogP contribution in [0, 0.1) is 17.2 Å². The summed E-state index contributed by atoms with van der Waals surface area (Å²) in [6.07, 6.45) is 2.72. The second-order valence-electron chi connectivity index (χ2n) is 5.89. The Morgan fingerprint density at radius 3 is 3.05 bits per heavy atom. The second-order valence-corrected chi connectivity index (χ2v) is 5.89. The van der Waals surface area contributed by atoms with Crippen LogP contribution in [0.5, 0.6) is 0 Å². The Morgan fingerprint density at radius 1 is 1.59 bits per heavy atom. The van der Waals surface area contributed by atoms with Crippen molar-refractivity contribution < 1.29 is 14.3 Å². The first-order valence-corrected chi connectivity index (χ1v) is 7.96. The third-order valence-corrected chi connectivity index (χ3v) is 4.12. The summed E-state index contributed by atoms with van der Waals surface area (Å²) in [5.74, 6) is -0.392. The van der Waals surface area contributed by atoms with Crippen molar-refractivity contribution in [3.8, 4) is 6.07 Å². The Kier molecular flexibility index (Phi) is 6.16. The van der Waals surface area contributed by atoms with Crippen LogP contribution < -0.4 is 16.0 Å². The summed E-state index contributed by atoms with van der Waals surface area (Å²) in [7, 11) is 0. The molecule has 0 aromatic rings. The third-order valence-electron chi connectivity index (χ3n) is 4.12. The Hall–Kier alpha value is -1.65. The maximum atomic E-state index is 12.2. The van der Waals surface area contributed by atoms with E-state index in [1.807, 2.05) is 6.92 Å². The molecule has 1 unspecified atom stereocenters. The van der Waals surface area contributed by atoms with Gasteiger partial charge >= 0.3 is 0 Å². The molecule has 4 atom stereocenters. The number of rotatable bonds is 7. The molecule has 7 heteroatoms. The molecule has 0 bridgehead atoms. The molecule has 0 saturated carbocycles. The molecule has 2 amide bonds. The minimum Gasteiger partial charge on any atom is -0.377 e. The Labute approximate surface area is 130 Å². The van der Waals surface area contributed by atoms with Crippen LogP contribution >= 0.6 is 0 Å². The molecule has 2 aliphatic rings. The van der Waals surface area contributed by atoms with E-state index < -0.39 is 6.04 Å². The number of carbonyl (C=O) groups is 2. The Morgan fingerprint density at radius 2 is 2.41 bits per heavy atom. The largest absolute Gasteiger partial charge is 0.377 e. The van der Waals surface area contributed by atoms with Gasteiger partial charge < -0.3 is 20.7 Å². The molecule has 22 heavy (non-hydrogen) atoms. The highest BCUT2D eigenvalue weighted by Gasteiger charge is 2.32. The van der Waals surface area contributed by atoms with E-state index in [0.717, 1.165) is 12.8 Å². The van der Waals surface area contributed by atoms with Crippen LogP contribution in [0.1, 0.15) is 32.6 Å². The fourth-order valence-electron chi connectivity index (χ4n) is 2.89. The molecule has 0 aliphatic carbocycles. The highest BCUT2D eigenvalue weighted by atomic mass is 16.5. The summed E-state index contributed by atoms with van der Waals surface area (Å²) < 4.78 is 5.63. The lowest BCUT2D eigenvalue weighted by Crippen LogP contribution is -2.45. The van der Waals surface area contributed by atoms with Crippen LogP contribution in [0.15, 0.2) is 0 Å². The van der Waals surface area contributed by atoms with Crippen molar-refractivity contribution in [2.45, 2.75) is 50.8 Å². The van der Waals surface area contributed by atoms with E-state index in [-0.39, 0.29) is 29.9 Å². The summed E-state index contributed by atoms with van der Waals surface area (Å²) in [4.78, 5) is 23.8. The van der Waals surface area contributed by atoms with Gasteiger partial charge in [0.25, 0.3) is 0 Å². The van der Waals surface area contributed by atoms with Gasteiger partial charge in [0.2, 0.25) is 11.8 Å². The highest BCUT2D eigenvalue weighted by molar-refractivity contribution is 5.83.